The van der Waals surface area contributed by atoms with E-state index in [0.29, 0.717) is 0 Å². The normalized spacial score (nSPS) is 11.7. The fourth-order valence-electron chi connectivity index (χ4n) is 1.71. The zero-order chi connectivity index (χ0) is 17.2. The Labute approximate surface area is 134 Å². The average Bonchev–Trinajstić information content (AvgIpc) is 2.40. The molecule has 1 aromatic carbocycles. The number of halogens is 5. The van der Waals surface area contributed by atoms with Gasteiger partial charge in [0.15, 0.2) is 5.69 Å². The summed E-state index contributed by atoms with van der Waals surface area (Å²) in [4.78, 5) is 7.40. The molecule has 1 heterocycles. The van der Waals surface area contributed by atoms with Crippen molar-refractivity contribution < 1.29 is 17.6 Å². The Morgan fingerprint density at radius 1 is 1.13 bits per heavy atom. The molecule has 2 rings (SSSR count). The Morgan fingerprint density at radius 3 is 2.39 bits per heavy atom. The van der Waals surface area contributed by atoms with Crippen molar-refractivity contribution in [1.82, 2.24) is 9.97 Å². The van der Waals surface area contributed by atoms with Crippen molar-refractivity contribution in [3.8, 4) is 0 Å². The van der Waals surface area contributed by atoms with E-state index >= 15 is 0 Å². The van der Waals surface area contributed by atoms with Gasteiger partial charge in [-0.1, -0.05) is 11.6 Å². The molecule has 1 aromatic heterocycles. The predicted octanol–water partition coefficient (Wildman–Crippen LogP) is 4.85. The number of hydrogen-bond acceptors (Lipinski definition) is 4. The third-order valence-corrected chi connectivity index (χ3v) is 2.94. The van der Waals surface area contributed by atoms with Crippen molar-refractivity contribution in [3.05, 3.63) is 40.8 Å². The second-order valence-electron chi connectivity index (χ2n) is 5.01. The third-order valence-electron chi connectivity index (χ3n) is 2.63. The number of hydrogen-bond donors (Lipinski definition) is 2. The molecule has 124 valence electrons. The molecule has 0 unspecified atom stereocenters. The SMILES string of the molecule is CC(C)Nc1nc(Nc2ccc(F)cc2Cl)cc(C(F)(F)F)n1. The van der Waals surface area contributed by atoms with Crippen molar-refractivity contribution in [2.75, 3.05) is 10.6 Å². The van der Waals surface area contributed by atoms with Crippen molar-refractivity contribution >= 4 is 29.1 Å². The Kier molecular flexibility index (Phi) is 4.93. The summed E-state index contributed by atoms with van der Waals surface area (Å²) < 4.78 is 51.8. The molecule has 0 saturated carbocycles. The van der Waals surface area contributed by atoms with Crippen LogP contribution in [-0.4, -0.2) is 16.0 Å². The number of anilines is 3. The quantitative estimate of drug-likeness (QED) is 0.775. The summed E-state index contributed by atoms with van der Waals surface area (Å²) in [5.41, 5.74) is -0.869. The minimum Gasteiger partial charge on any atom is -0.352 e. The molecular weight excluding hydrogens is 336 g/mol. The summed E-state index contributed by atoms with van der Waals surface area (Å²) in [6.07, 6.45) is -4.63. The summed E-state index contributed by atoms with van der Waals surface area (Å²) in [6, 6.07) is 4.09. The summed E-state index contributed by atoms with van der Waals surface area (Å²) in [5.74, 6) is -0.832. The Hall–Kier alpha value is -2.09. The molecule has 0 radical (unpaired) electrons. The van der Waals surface area contributed by atoms with Crippen molar-refractivity contribution in [3.63, 3.8) is 0 Å². The van der Waals surface area contributed by atoms with Gasteiger partial charge in [0.25, 0.3) is 0 Å². The van der Waals surface area contributed by atoms with E-state index in [1.165, 1.54) is 6.07 Å². The highest BCUT2D eigenvalue weighted by molar-refractivity contribution is 6.33. The van der Waals surface area contributed by atoms with E-state index in [9.17, 15) is 17.6 Å². The van der Waals surface area contributed by atoms with Crippen LogP contribution in [0.5, 0.6) is 0 Å². The molecule has 0 atom stereocenters. The van der Waals surface area contributed by atoms with Crippen molar-refractivity contribution in [2.24, 2.45) is 0 Å². The van der Waals surface area contributed by atoms with Crippen molar-refractivity contribution in [2.45, 2.75) is 26.1 Å². The Balaban J connectivity index is 2.40. The van der Waals surface area contributed by atoms with E-state index in [4.69, 9.17) is 11.6 Å². The van der Waals surface area contributed by atoms with E-state index in [1.54, 1.807) is 13.8 Å². The molecule has 0 aliphatic rings. The average molecular weight is 349 g/mol. The van der Waals surface area contributed by atoms with Gasteiger partial charge in [0.05, 0.1) is 10.7 Å². The van der Waals surface area contributed by atoms with Crippen LogP contribution in [0.2, 0.25) is 5.02 Å². The lowest BCUT2D eigenvalue weighted by molar-refractivity contribution is -0.141. The van der Waals surface area contributed by atoms with Crippen LogP contribution in [0.25, 0.3) is 0 Å². The highest BCUT2D eigenvalue weighted by atomic mass is 35.5. The molecule has 0 saturated heterocycles. The van der Waals surface area contributed by atoms with Gasteiger partial charge in [-0.25, -0.2) is 9.37 Å². The first-order valence-electron chi connectivity index (χ1n) is 6.60. The van der Waals surface area contributed by atoms with E-state index in [2.05, 4.69) is 20.6 Å². The lowest BCUT2D eigenvalue weighted by Gasteiger charge is -2.14. The number of benzene rings is 1. The molecular formula is C14H13ClF4N4. The van der Waals surface area contributed by atoms with E-state index < -0.39 is 17.7 Å². The largest absolute Gasteiger partial charge is 0.433 e. The Bertz CT molecular complexity index is 704. The molecule has 0 amide bonds. The van der Waals surface area contributed by atoms with Gasteiger partial charge in [-0.3, -0.25) is 0 Å². The highest BCUT2D eigenvalue weighted by Crippen LogP contribution is 2.31. The zero-order valence-electron chi connectivity index (χ0n) is 12.2. The van der Waals surface area contributed by atoms with Gasteiger partial charge in [0, 0.05) is 12.1 Å². The molecule has 0 aliphatic carbocycles. The maximum atomic E-state index is 13.0. The van der Waals surface area contributed by atoms with Crippen LogP contribution in [0.1, 0.15) is 19.5 Å². The molecule has 4 nitrogen and oxygen atoms in total. The summed E-state index contributed by atoms with van der Waals surface area (Å²) >= 11 is 5.85. The molecule has 2 N–H and O–H groups in total. The molecule has 0 aliphatic heterocycles. The van der Waals surface area contributed by atoms with Gasteiger partial charge in [-0.2, -0.15) is 18.2 Å². The minimum absolute atomic E-state index is 0.0236. The third kappa shape index (κ3) is 4.69. The Morgan fingerprint density at radius 2 is 1.83 bits per heavy atom. The maximum absolute atomic E-state index is 13.0. The van der Waals surface area contributed by atoms with Crippen LogP contribution >= 0.6 is 11.6 Å². The maximum Gasteiger partial charge on any atom is 0.433 e. The first-order chi connectivity index (χ1) is 10.6. The highest BCUT2D eigenvalue weighted by Gasteiger charge is 2.33. The smallest absolute Gasteiger partial charge is 0.352 e. The van der Waals surface area contributed by atoms with Crippen molar-refractivity contribution in [1.29, 1.82) is 0 Å². The molecule has 0 spiro atoms. The lowest BCUT2D eigenvalue weighted by Crippen LogP contribution is -2.17. The van der Waals surface area contributed by atoms with Gasteiger partial charge >= 0.3 is 6.18 Å². The number of rotatable bonds is 4. The van der Waals surface area contributed by atoms with Gasteiger partial charge in [0.2, 0.25) is 5.95 Å². The topological polar surface area (TPSA) is 49.8 Å². The van der Waals surface area contributed by atoms with E-state index in [-0.39, 0.29) is 28.5 Å². The second kappa shape index (κ2) is 6.57. The lowest BCUT2D eigenvalue weighted by atomic mass is 10.3. The molecule has 0 fully saturated rings. The zero-order valence-corrected chi connectivity index (χ0v) is 12.9. The molecule has 2 aromatic rings. The van der Waals surface area contributed by atoms with Crippen LogP contribution in [-0.2, 0) is 6.18 Å². The van der Waals surface area contributed by atoms with Gasteiger partial charge in [0.1, 0.15) is 11.6 Å². The number of aromatic nitrogens is 2. The van der Waals surface area contributed by atoms with Gasteiger partial charge in [-0.05, 0) is 32.0 Å². The van der Waals surface area contributed by atoms with Crippen LogP contribution in [0.15, 0.2) is 24.3 Å². The van der Waals surface area contributed by atoms with Gasteiger partial charge in [-0.15, -0.1) is 0 Å². The number of nitrogens with one attached hydrogen (secondary N) is 2. The number of nitrogens with zero attached hydrogens (tertiary/aromatic N) is 2. The molecule has 0 bridgehead atoms. The van der Waals surface area contributed by atoms with Crippen LogP contribution in [0.4, 0.5) is 35.0 Å². The standard InChI is InChI=1S/C14H13ClF4N4/c1-7(2)20-13-22-11(14(17,18)19)6-12(23-13)21-10-4-3-8(16)5-9(10)15/h3-7H,1-2H3,(H2,20,21,22,23). The summed E-state index contributed by atoms with van der Waals surface area (Å²) in [6.45, 7) is 3.49. The van der Waals surface area contributed by atoms with Gasteiger partial charge < -0.3 is 10.6 Å². The first kappa shape index (κ1) is 17.3. The van der Waals surface area contributed by atoms with Crippen LogP contribution in [0.3, 0.4) is 0 Å². The molecule has 9 heteroatoms. The fourth-order valence-corrected chi connectivity index (χ4v) is 1.92. The minimum atomic E-state index is -4.63. The fraction of sp³-hybridized carbons (Fsp3) is 0.286. The predicted molar refractivity (Wildman–Crippen MR) is 80.5 cm³/mol. The monoisotopic (exact) mass is 348 g/mol. The summed E-state index contributed by atoms with van der Waals surface area (Å²) in [5, 5.41) is 5.37. The number of alkyl halides is 3. The van der Waals surface area contributed by atoms with Crippen LogP contribution in [0, 0.1) is 5.82 Å². The first-order valence-corrected chi connectivity index (χ1v) is 6.98. The van der Waals surface area contributed by atoms with E-state index in [1.807, 2.05) is 0 Å². The summed E-state index contributed by atoms with van der Waals surface area (Å²) in [7, 11) is 0. The van der Waals surface area contributed by atoms with Crippen LogP contribution < -0.4 is 10.6 Å². The van der Waals surface area contributed by atoms with E-state index in [0.717, 1.165) is 18.2 Å². The second-order valence-corrected chi connectivity index (χ2v) is 5.42. The molecule has 23 heavy (non-hydrogen) atoms.